The average Bonchev–Trinajstić information content (AvgIpc) is 3.20. The maximum Gasteiger partial charge on any atom is 0.416 e. The summed E-state index contributed by atoms with van der Waals surface area (Å²) in [6.07, 6.45) is -1.93. The summed E-state index contributed by atoms with van der Waals surface area (Å²) in [6.45, 7) is 1.83. The minimum absolute atomic E-state index is 0.000473. The predicted molar refractivity (Wildman–Crippen MR) is 97.9 cm³/mol. The summed E-state index contributed by atoms with van der Waals surface area (Å²) in [5.41, 5.74) is 0.421. The van der Waals surface area contributed by atoms with Gasteiger partial charge in [0, 0.05) is 6.04 Å². The first-order chi connectivity index (χ1) is 13.3. The van der Waals surface area contributed by atoms with Crippen molar-refractivity contribution in [2.24, 2.45) is 0 Å². The SMILES string of the molecule is C[C@@H](NCC(=O)Nc1cc(C(F)(F)F)ccc1-n1cncn1)c1ccccc1. The van der Waals surface area contributed by atoms with E-state index < -0.39 is 17.6 Å². The monoisotopic (exact) mass is 389 g/mol. The Morgan fingerprint density at radius 2 is 1.93 bits per heavy atom. The molecule has 3 aromatic rings. The minimum Gasteiger partial charge on any atom is -0.323 e. The first-order valence-electron chi connectivity index (χ1n) is 8.49. The van der Waals surface area contributed by atoms with Gasteiger partial charge in [-0.05, 0) is 30.7 Å². The van der Waals surface area contributed by atoms with E-state index in [0.717, 1.165) is 17.7 Å². The maximum atomic E-state index is 13.1. The van der Waals surface area contributed by atoms with Crippen LogP contribution in [-0.4, -0.2) is 27.2 Å². The molecular weight excluding hydrogens is 371 g/mol. The Morgan fingerprint density at radius 3 is 2.57 bits per heavy atom. The zero-order valence-corrected chi connectivity index (χ0v) is 14.9. The highest BCUT2D eigenvalue weighted by Crippen LogP contribution is 2.33. The second-order valence-corrected chi connectivity index (χ2v) is 6.13. The summed E-state index contributed by atoms with van der Waals surface area (Å²) < 4.78 is 40.5. The Hall–Kier alpha value is -3.20. The number of anilines is 1. The van der Waals surface area contributed by atoms with Gasteiger partial charge in [-0.25, -0.2) is 9.67 Å². The fraction of sp³-hybridized carbons (Fsp3) is 0.211. The molecule has 0 aliphatic carbocycles. The maximum absolute atomic E-state index is 13.1. The van der Waals surface area contributed by atoms with Crippen LogP contribution >= 0.6 is 0 Å². The van der Waals surface area contributed by atoms with Crippen LogP contribution in [0.1, 0.15) is 24.1 Å². The van der Waals surface area contributed by atoms with Gasteiger partial charge in [0.05, 0.1) is 23.5 Å². The largest absolute Gasteiger partial charge is 0.416 e. The third kappa shape index (κ3) is 4.74. The average molecular weight is 389 g/mol. The zero-order valence-electron chi connectivity index (χ0n) is 14.9. The van der Waals surface area contributed by atoms with Gasteiger partial charge in [0.1, 0.15) is 12.7 Å². The van der Waals surface area contributed by atoms with Crippen molar-refractivity contribution in [2.75, 3.05) is 11.9 Å². The molecule has 1 atom stereocenters. The van der Waals surface area contributed by atoms with Crippen molar-refractivity contribution in [3.63, 3.8) is 0 Å². The van der Waals surface area contributed by atoms with Crippen LogP contribution in [0.25, 0.3) is 5.69 Å². The molecule has 1 aromatic heterocycles. The first-order valence-corrected chi connectivity index (χ1v) is 8.49. The number of aromatic nitrogens is 3. The van der Waals surface area contributed by atoms with Crippen molar-refractivity contribution in [3.8, 4) is 5.69 Å². The lowest BCUT2D eigenvalue weighted by molar-refractivity contribution is -0.137. The fourth-order valence-corrected chi connectivity index (χ4v) is 2.64. The quantitative estimate of drug-likeness (QED) is 0.676. The number of alkyl halides is 3. The van der Waals surface area contributed by atoms with Crippen LogP contribution < -0.4 is 10.6 Å². The molecule has 28 heavy (non-hydrogen) atoms. The molecule has 0 radical (unpaired) electrons. The van der Waals surface area contributed by atoms with E-state index >= 15 is 0 Å². The Labute approximate surface area is 159 Å². The zero-order chi connectivity index (χ0) is 20.1. The van der Waals surface area contributed by atoms with Gasteiger partial charge in [-0.15, -0.1) is 0 Å². The van der Waals surface area contributed by atoms with Gasteiger partial charge < -0.3 is 10.6 Å². The van der Waals surface area contributed by atoms with Crippen LogP contribution in [0.4, 0.5) is 18.9 Å². The number of halogens is 3. The van der Waals surface area contributed by atoms with Gasteiger partial charge in [-0.3, -0.25) is 4.79 Å². The highest BCUT2D eigenvalue weighted by atomic mass is 19.4. The van der Waals surface area contributed by atoms with Crippen LogP contribution in [0.15, 0.2) is 61.2 Å². The molecule has 0 spiro atoms. The van der Waals surface area contributed by atoms with Crippen LogP contribution in [0.2, 0.25) is 0 Å². The number of amides is 1. The van der Waals surface area contributed by atoms with Crippen LogP contribution in [0, 0.1) is 0 Å². The van der Waals surface area contributed by atoms with Gasteiger partial charge in [0.15, 0.2) is 0 Å². The van der Waals surface area contributed by atoms with Crippen molar-refractivity contribution < 1.29 is 18.0 Å². The third-order valence-electron chi connectivity index (χ3n) is 4.13. The Morgan fingerprint density at radius 1 is 1.18 bits per heavy atom. The molecule has 0 aliphatic heterocycles. The normalized spacial score (nSPS) is 12.6. The predicted octanol–water partition coefficient (Wildman–Crippen LogP) is 3.58. The van der Waals surface area contributed by atoms with E-state index in [-0.39, 0.29) is 24.0 Å². The summed E-state index contributed by atoms with van der Waals surface area (Å²) in [7, 11) is 0. The molecule has 0 unspecified atom stereocenters. The van der Waals surface area contributed by atoms with E-state index in [9.17, 15) is 18.0 Å². The molecule has 1 heterocycles. The van der Waals surface area contributed by atoms with Gasteiger partial charge in [-0.2, -0.15) is 18.3 Å². The molecular formula is C19H18F3N5O. The summed E-state index contributed by atoms with van der Waals surface area (Å²) in [5, 5.41) is 9.49. The number of rotatable bonds is 6. The second kappa shape index (κ2) is 8.22. The smallest absolute Gasteiger partial charge is 0.323 e. The van der Waals surface area contributed by atoms with E-state index in [1.54, 1.807) is 0 Å². The Balaban J connectivity index is 1.75. The summed E-state index contributed by atoms with van der Waals surface area (Å²) in [6, 6.07) is 12.5. The van der Waals surface area contributed by atoms with Crippen molar-refractivity contribution in [1.29, 1.82) is 0 Å². The van der Waals surface area contributed by atoms with E-state index in [1.165, 1.54) is 23.4 Å². The highest BCUT2D eigenvalue weighted by molar-refractivity contribution is 5.94. The van der Waals surface area contributed by atoms with E-state index in [0.29, 0.717) is 0 Å². The van der Waals surface area contributed by atoms with Crippen LogP contribution in [0.5, 0.6) is 0 Å². The number of carbonyl (C=O) groups excluding carboxylic acids is 1. The fourth-order valence-electron chi connectivity index (χ4n) is 2.64. The second-order valence-electron chi connectivity index (χ2n) is 6.13. The summed E-state index contributed by atoms with van der Waals surface area (Å²) >= 11 is 0. The van der Waals surface area contributed by atoms with Crippen LogP contribution in [0.3, 0.4) is 0 Å². The topological polar surface area (TPSA) is 71.8 Å². The number of hydrogen-bond donors (Lipinski definition) is 2. The van der Waals surface area contributed by atoms with E-state index in [2.05, 4.69) is 20.7 Å². The molecule has 2 aromatic carbocycles. The van der Waals surface area contributed by atoms with Crippen LogP contribution in [-0.2, 0) is 11.0 Å². The summed E-state index contributed by atoms with van der Waals surface area (Å²) in [4.78, 5) is 16.1. The molecule has 0 aliphatic rings. The molecule has 2 N–H and O–H groups in total. The molecule has 9 heteroatoms. The number of nitrogens with zero attached hydrogens (tertiary/aromatic N) is 3. The lowest BCUT2D eigenvalue weighted by Crippen LogP contribution is -2.30. The van der Waals surface area contributed by atoms with Crippen molar-refractivity contribution >= 4 is 11.6 Å². The molecule has 0 saturated heterocycles. The number of benzene rings is 2. The number of nitrogens with one attached hydrogen (secondary N) is 2. The highest BCUT2D eigenvalue weighted by Gasteiger charge is 2.31. The standard InChI is InChI=1S/C19H18F3N5O/c1-13(14-5-3-2-4-6-14)24-10-18(28)26-16-9-15(19(20,21)22)7-8-17(16)27-12-23-11-25-27/h2-9,11-13,24H,10H2,1H3,(H,26,28)/t13-/m1/s1. The van der Waals surface area contributed by atoms with E-state index in [4.69, 9.17) is 0 Å². The van der Waals surface area contributed by atoms with Crippen molar-refractivity contribution in [2.45, 2.75) is 19.1 Å². The Kier molecular flexibility index (Phi) is 5.74. The lowest BCUT2D eigenvalue weighted by Gasteiger charge is -2.16. The molecule has 1 amide bonds. The summed E-state index contributed by atoms with van der Waals surface area (Å²) in [5.74, 6) is -0.469. The molecule has 0 bridgehead atoms. The minimum atomic E-state index is -4.53. The van der Waals surface area contributed by atoms with E-state index in [1.807, 2.05) is 37.3 Å². The molecule has 3 rings (SSSR count). The molecule has 0 fully saturated rings. The van der Waals surface area contributed by atoms with Crippen molar-refractivity contribution in [3.05, 3.63) is 72.3 Å². The van der Waals surface area contributed by atoms with Gasteiger partial charge in [0.25, 0.3) is 0 Å². The molecule has 146 valence electrons. The first kappa shape index (κ1) is 19.6. The Bertz CT molecular complexity index is 926. The lowest BCUT2D eigenvalue weighted by atomic mass is 10.1. The number of carbonyl (C=O) groups is 1. The molecule has 0 saturated carbocycles. The van der Waals surface area contributed by atoms with Gasteiger partial charge in [0.2, 0.25) is 5.91 Å². The van der Waals surface area contributed by atoms with Gasteiger partial charge >= 0.3 is 6.18 Å². The molecule has 6 nitrogen and oxygen atoms in total. The number of hydrogen-bond acceptors (Lipinski definition) is 4. The van der Waals surface area contributed by atoms with Gasteiger partial charge in [-0.1, -0.05) is 30.3 Å². The van der Waals surface area contributed by atoms with Crippen molar-refractivity contribution in [1.82, 2.24) is 20.1 Å². The third-order valence-corrected chi connectivity index (χ3v) is 4.13.